The monoisotopic (exact) mass is 319 g/mol. The third-order valence-electron chi connectivity index (χ3n) is 3.72. The molecular formula is C18H14FN5. The van der Waals surface area contributed by atoms with Gasteiger partial charge in [0.2, 0.25) is 0 Å². The predicted molar refractivity (Wildman–Crippen MR) is 90.4 cm³/mol. The van der Waals surface area contributed by atoms with Gasteiger partial charge in [0, 0.05) is 18.9 Å². The number of hydrogen-bond acceptors (Lipinski definition) is 4. The van der Waals surface area contributed by atoms with E-state index in [0.29, 0.717) is 18.1 Å². The van der Waals surface area contributed by atoms with Crippen LogP contribution in [0.2, 0.25) is 0 Å². The number of imidazole rings is 1. The minimum absolute atomic E-state index is 0.295. The Morgan fingerprint density at radius 3 is 2.75 bits per heavy atom. The highest BCUT2D eigenvalue weighted by Crippen LogP contribution is 2.16. The van der Waals surface area contributed by atoms with Crippen molar-refractivity contribution in [3.05, 3.63) is 78.8 Å². The Kier molecular flexibility index (Phi) is 3.63. The van der Waals surface area contributed by atoms with Crippen LogP contribution in [0.5, 0.6) is 0 Å². The zero-order valence-corrected chi connectivity index (χ0v) is 12.7. The van der Waals surface area contributed by atoms with Gasteiger partial charge >= 0.3 is 0 Å². The summed E-state index contributed by atoms with van der Waals surface area (Å²) in [7, 11) is 0. The fourth-order valence-corrected chi connectivity index (χ4v) is 2.51. The molecule has 0 unspecified atom stereocenters. The van der Waals surface area contributed by atoms with E-state index in [1.54, 1.807) is 35.6 Å². The van der Waals surface area contributed by atoms with Crippen LogP contribution in [0.4, 0.5) is 10.2 Å². The quantitative estimate of drug-likeness (QED) is 0.625. The number of halogens is 1. The molecule has 4 aromatic rings. The van der Waals surface area contributed by atoms with Crippen LogP contribution < -0.4 is 5.32 Å². The average Bonchev–Trinajstić information content (AvgIpc) is 3.14. The first-order valence-electron chi connectivity index (χ1n) is 7.52. The molecule has 2 aromatic heterocycles. The Balaban J connectivity index is 1.51. The second kappa shape index (κ2) is 6.08. The van der Waals surface area contributed by atoms with Crippen molar-refractivity contribution in [3.8, 4) is 5.69 Å². The Bertz CT molecular complexity index is 982. The molecule has 6 heteroatoms. The third-order valence-corrected chi connectivity index (χ3v) is 3.72. The van der Waals surface area contributed by atoms with Crippen molar-refractivity contribution in [2.45, 2.75) is 6.54 Å². The maximum atomic E-state index is 14.2. The van der Waals surface area contributed by atoms with Gasteiger partial charge < -0.3 is 9.88 Å². The third kappa shape index (κ3) is 2.81. The molecule has 1 N–H and O–H groups in total. The highest BCUT2D eigenvalue weighted by Gasteiger charge is 2.06. The Morgan fingerprint density at radius 2 is 1.96 bits per heavy atom. The van der Waals surface area contributed by atoms with Gasteiger partial charge in [-0.2, -0.15) is 0 Å². The highest BCUT2D eigenvalue weighted by atomic mass is 19.1. The second-order valence-electron chi connectivity index (χ2n) is 5.35. The summed E-state index contributed by atoms with van der Waals surface area (Å²) < 4.78 is 15.9. The van der Waals surface area contributed by atoms with E-state index >= 15 is 0 Å². The van der Waals surface area contributed by atoms with E-state index < -0.39 is 0 Å². The van der Waals surface area contributed by atoms with Crippen molar-refractivity contribution >= 4 is 16.9 Å². The summed E-state index contributed by atoms with van der Waals surface area (Å²) in [6, 6.07) is 12.8. The molecule has 0 bridgehead atoms. The second-order valence-corrected chi connectivity index (χ2v) is 5.35. The number of nitrogens with zero attached hydrogens (tertiary/aromatic N) is 4. The summed E-state index contributed by atoms with van der Waals surface area (Å²) in [5.74, 6) is 0.365. The zero-order valence-electron chi connectivity index (χ0n) is 12.7. The number of nitrogens with one attached hydrogen (secondary N) is 1. The van der Waals surface area contributed by atoms with E-state index in [4.69, 9.17) is 0 Å². The molecule has 0 spiro atoms. The van der Waals surface area contributed by atoms with Gasteiger partial charge in [0.15, 0.2) is 0 Å². The van der Waals surface area contributed by atoms with Crippen molar-refractivity contribution in [3.63, 3.8) is 0 Å². The number of rotatable bonds is 4. The molecule has 0 saturated carbocycles. The van der Waals surface area contributed by atoms with Crippen LogP contribution in [0.25, 0.3) is 16.7 Å². The minimum atomic E-state index is -0.295. The van der Waals surface area contributed by atoms with Crippen LogP contribution in [-0.4, -0.2) is 19.5 Å². The molecule has 5 nitrogen and oxygen atoms in total. The molecule has 0 atom stereocenters. The predicted octanol–water partition coefficient (Wildman–Crippen LogP) is 3.57. The normalized spacial score (nSPS) is 10.9. The lowest BCUT2D eigenvalue weighted by atomic mass is 10.2. The molecule has 2 heterocycles. The molecule has 0 aliphatic rings. The fourth-order valence-electron chi connectivity index (χ4n) is 2.51. The van der Waals surface area contributed by atoms with Crippen molar-refractivity contribution < 1.29 is 4.39 Å². The van der Waals surface area contributed by atoms with Crippen LogP contribution >= 0.6 is 0 Å². The lowest BCUT2D eigenvalue weighted by molar-refractivity contribution is 0.616. The Hall–Kier alpha value is -3.28. The summed E-state index contributed by atoms with van der Waals surface area (Å²) in [4.78, 5) is 12.8. The van der Waals surface area contributed by atoms with Gasteiger partial charge in [0.05, 0.1) is 29.2 Å². The molecule has 0 aliphatic heterocycles. The van der Waals surface area contributed by atoms with Crippen molar-refractivity contribution in [1.29, 1.82) is 0 Å². The van der Waals surface area contributed by atoms with E-state index in [1.165, 1.54) is 6.07 Å². The number of aromatic nitrogens is 4. The van der Waals surface area contributed by atoms with E-state index in [0.717, 1.165) is 16.6 Å². The highest BCUT2D eigenvalue weighted by molar-refractivity contribution is 5.75. The van der Waals surface area contributed by atoms with Crippen LogP contribution in [0.1, 0.15) is 5.56 Å². The average molecular weight is 319 g/mol. The topological polar surface area (TPSA) is 55.6 Å². The molecule has 0 fully saturated rings. The molecule has 0 radical (unpaired) electrons. The van der Waals surface area contributed by atoms with Gasteiger partial charge in [-0.3, -0.25) is 4.98 Å². The molecule has 4 rings (SSSR count). The van der Waals surface area contributed by atoms with E-state index in [-0.39, 0.29) is 5.82 Å². The Labute approximate surface area is 137 Å². The SMILES string of the molecule is Fc1cc(CNc2cnc3ccccc3n2)ccc1-n1ccnc1. The first kappa shape index (κ1) is 14.3. The molecular weight excluding hydrogens is 305 g/mol. The largest absolute Gasteiger partial charge is 0.365 e. The van der Waals surface area contributed by atoms with Gasteiger partial charge in [-0.15, -0.1) is 0 Å². The number of para-hydroxylation sites is 2. The molecule has 2 aromatic carbocycles. The molecule has 24 heavy (non-hydrogen) atoms. The summed E-state index contributed by atoms with van der Waals surface area (Å²) in [6.07, 6.45) is 6.58. The van der Waals surface area contributed by atoms with E-state index in [9.17, 15) is 4.39 Å². The van der Waals surface area contributed by atoms with E-state index in [1.807, 2.05) is 30.3 Å². The van der Waals surface area contributed by atoms with Crippen LogP contribution in [0, 0.1) is 5.82 Å². The number of hydrogen-bond donors (Lipinski definition) is 1. The minimum Gasteiger partial charge on any atom is -0.365 e. The van der Waals surface area contributed by atoms with Crippen molar-refractivity contribution in [1.82, 2.24) is 19.5 Å². The van der Waals surface area contributed by atoms with E-state index in [2.05, 4.69) is 20.3 Å². The first-order chi connectivity index (χ1) is 11.8. The Morgan fingerprint density at radius 1 is 1.08 bits per heavy atom. The summed E-state index contributed by atoms with van der Waals surface area (Å²) in [5, 5.41) is 3.18. The zero-order chi connectivity index (χ0) is 16.4. The van der Waals surface area contributed by atoms with Crippen molar-refractivity contribution in [2.24, 2.45) is 0 Å². The van der Waals surface area contributed by atoms with Crippen LogP contribution in [-0.2, 0) is 6.54 Å². The maximum absolute atomic E-state index is 14.2. The number of anilines is 1. The van der Waals surface area contributed by atoms with Gasteiger partial charge in [-0.25, -0.2) is 14.4 Å². The summed E-state index contributed by atoms with van der Waals surface area (Å²) in [6.45, 7) is 0.466. The van der Waals surface area contributed by atoms with Gasteiger partial charge in [0.25, 0.3) is 0 Å². The van der Waals surface area contributed by atoms with Gasteiger partial charge in [-0.05, 0) is 29.8 Å². The molecule has 0 saturated heterocycles. The molecule has 118 valence electrons. The summed E-state index contributed by atoms with van der Waals surface area (Å²) in [5.41, 5.74) is 2.97. The lowest BCUT2D eigenvalue weighted by Gasteiger charge is -2.09. The molecule has 0 amide bonds. The fraction of sp³-hybridized carbons (Fsp3) is 0.0556. The first-order valence-corrected chi connectivity index (χ1v) is 7.52. The van der Waals surface area contributed by atoms with Crippen molar-refractivity contribution in [2.75, 3.05) is 5.32 Å². The van der Waals surface area contributed by atoms with Crippen LogP contribution in [0.3, 0.4) is 0 Å². The summed E-state index contributed by atoms with van der Waals surface area (Å²) >= 11 is 0. The number of fused-ring (bicyclic) bond motifs is 1. The molecule has 0 aliphatic carbocycles. The smallest absolute Gasteiger partial charge is 0.147 e. The maximum Gasteiger partial charge on any atom is 0.147 e. The lowest BCUT2D eigenvalue weighted by Crippen LogP contribution is -2.03. The van der Waals surface area contributed by atoms with Gasteiger partial charge in [0.1, 0.15) is 11.6 Å². The standard InChI is InChI=1S/C18H14FN5/c19-14-9-13(5-6-17(14)24-8-7-20-12-24)10-22-18-11-21-15-3-1-2-4-16(15)23-18/h1-9,11-12H,10H2,(H,22,23). The van der Waals surface area contributed by atoms with Gasteiger partial charge in [-0.1, -0.05) is 18.2 Å². The number of benzene rings is 2. The van der Waals surface area contributed by atoms with Crippen LogP contribution in [0.15, 0.2) is 67.4 Å².